The van der Waals surface area contributed by atoms with Gasteiger partial charge in [0.15, 0.2) is 0 Å². The van der Waals surface area contributed by atoms with Gasteiger partial charge >= 0.3 is 6.03 Å². The average Bonchev–Trinajstić information content (AvgIpc) is 2.76. The van der Waals surface area contributed by atoms with Gasteiger partial charge in [0.25, 0.3) is 11.6 Å². The normalized spacial score (nSPS) is 18.7. The van der Waals surface area contributed by atoms with E-state index in [2.05, 4.69) is 26.6 Å². The first-order valence-electron chi connectivity index (χ1n) is 9.56. The number of aliphatic hydroxyl groups is 1. The molecule has 31 heavy (non-hydrogen) atoms. The Morgan fingerprint density at radius 2 is 1.81 bits per heavy atom. The Labute approximate surface area is 193 Å². The smallest absolute Gasteiger partial charge is 0.329 e. The lowest BCUT2D eigenvalue weighted by atomic mass is 9.94. The third-order valence-electron chi connectivity index (χ3n) is 5.17. The number of amides is 3. The predicted octanol–water partition coefficient (Wildman–Crippen LogP) is 5.18. The molecule has 0 radical (unpaired) electrons. The van der Waals surface area contributed by atoms with Crippen LogP contribution in [0.2, 0.25) is 5.02 Å². The van der Waals surface area contributed by atoms with E-state index in [1.807, 2.05) is 37.3 Å². The van der Waals surface area contributed by atoms with E-state index in [-0.39, 0.29) is 5.56 Å². The van der Waals surface area contributed by atoms with Gasteiger partial charge in [-0.2, -0.15) is 0 Å². The highest BCUT2D eigenvalue weighted by molar-refractivity contribution is 9.10. The molecule has 0 aliphatic carbocycles. The van der Waals surface area contributed by atoms with E-state index in [0.29, 0.717) is 20.9 Å². The number of anilines is 2. The highest BCUT2D eigenvalue weighted by atomic mass is 79.9. The molecule has 1 heterocycles. The summed E-state index contributed by atoms with van der Waals surface area (Å²) < 4.78 is 0.654. The summed E-state index contributed by atoms with van der Waals surface area (Å²) in [7, 11) is 0. The van der Waals surface area contributed by atoms with E-state index in [0.717, 1.165) is 10.5 Å². The summed E-state index contributed by atoms with van der Waals surface area (Å²) in [5.41, 5.74) is -0.513. The predicted molar refractivity (Wildman–Crippen MR) is 124 cm³/mol. The van der Waals surface area contributed by atoms with E-state index in [1.54, 1.807) is 42.5 Å². The first kappa shape index (κ1) is 21.4. The van der Waals surface area contributed by atoms with Crippen LogP contribution in [-0.4, -0.2) is 17.0 Å². The number of benzene rings is 3. The van der Waals surface area contributed by atoms with E-state index in [4.69, 9.17) is 11.6 Å². The van der Waals surface area contributed by atoms with Crippen LogP contribution in [0, 0.1) is 0 Å². The Morgan fingerprint density at radius 3 is 2.48 bits per heavy atom. The van der Waals surface area contributed by atoms with Crippen molar-refractivity contribution in [3.8, 4) is 0 Å². The first-order valence-corrected chi connectivity index (χ1v) is 10.7. The second-order valence-electron chi connectivity index (χ2n) is 7.21. The van der Waals surface area contributed by atoms with Gasteiger partial charge in [-0.05, 0) is 55.0 Å². The molecule has 0 aromatic heterocycles. The maximum absolute atomic E-state index is 13.5. The summed E-state index contributed by atoms with van der Waals surface area (Å²) in [6, 6.07) is 19.6. The van der Waals surface area contributed by atoms with Gasteiger partial charge in [-0.3, -0.25) is 9.69 Å². The van der Waals surface area contributed by atoms with Gasteiger partial charge in [-0.1, -0.05) is 57.9 Å². The number of hydrogen-bond acceptors (Lipinski definition) is 3. The van der Waals surface area contributed by atoms with Crippen LogP contribution in [0.15, 0.2) is 77.3 Å². The molecule has 3 amide bonds. The van der Waals surface area contributed by atoms with Crippen LogP contribution in [0.1, 0.15) is 24.1 Å². The van der Waals surface area contributed by atoms with Crippen LogP contribution in [0.4, 0.5) is 16.2 Å². The monoisotopic (exact) mass is 499 g/mol. The van der Waals surface area contributed by atoms with Gasteiger partial charge < -0.3 is 15.7 Å². The highest BCUT2D eigenvalue weighted by Crippen LogP contribution is 2.41. The molecule has 6 nitrogen and oxygen atoms in total. The first-order chi connectivity index (χ1) is 14.8. The molecular weight excluding hydrogens is 482 g/mol. The minimum Gasteiger partial charge on any atom is -0.359 e. The quantitative estimate of drug-likeness (QED) is 0.462. The zero-order valence-electron chi connectivity index (χ0n) is 16.5. The molecule has 2 atom stereocenters. The fraction of sp³-hybridized carbons (Fsp3) is 0.130. The zero-order valence-corrected chi connectivity index (χ0v) is 18.8. The number of carbonyl (C=O) groups is 2. The van der Waals surface area contributed by atoms with Crippen molar-refractivity contribution < 1.29 is 14.7 Å². The van der Waals surface area contributed by atoms with Crippen molar-refractivity contribution in [3.05, 3.63) is 93.4 Å². The molecular formula is C23H19BrClN3O3. The third-order valence-corrected chi connectivity index (χ3v) is 5.92. The molecule has 4 rings (SSSR count). The van der Waals surface area contributed by atoms with Gasteiger partial charge in [-0.15, -0.1) is 0 Å². The lowest BCUT2D eigenvalue weighted by molar-refractivity contribution is -0.141. The SMILES string of the molecule is C[C@H](NC(=O)[C@]1(O)c2cc(Br)ccc2NC(=O)N1c1ccc(Cl)cc1)c1ccccc1. The summed E-state index contributed by atoms with van der Waals surface area (Å²) in [6.07, 6.45) is 0. The van der Waals surface area contributed by atoms with Gasteiger partial charge in [0, 0.05) is 20.7 Å². The average molecular weight is 501 g/mol. The number of halogens is 2. The van der Waals surface area contributed by atoms with Crippen molar-refractivity contribution in [1.82, 2.24) is 5.32 Å². The van der Waals surface area contributed by atoms with Crippen molar-refractivity contribution in [2.45, 2.75) is 18.7 Å². The van der Waals surface area contributed by atoms with Crippen molar-refractivity contribution in [2.24, 2.45) is 0 Å². The molecule has 1 aliphatic rings. The van der Waals surface area contributed by atoms with Crippen molar-refractivity contribution in [2.75, 3.05) is 10.2 Å². The minimum atomic E-state index is -2.29. The summed E-state index contributed by atoms with van der Waals surface area (Å²) in [5.74, 6) is -0.729. The zero-order chi connectivity index (χ0) is 22.2. The maximum atomic E-state index is 13.5. The Bertz CT molecular complexity index is 1140. The van der Waals surface area contributed by atoms with Crippen LogP contribution in [0.5, 0.6) is 0 Å². The van der Waals surface area contributed by atoms with Crippen LogP contribution in [0.25, 0.3) is 0 Å². The summed E-state index contributed by atoms with van der Waals surface area (Å²) in [6.45, 7) is 1.81. The van der Waals surface area contributed by atoms with Crippen molar-refractivity contribution in [3.63, 3.8) is 0 Å². The number of hydrogen-bond donors (Lipinski definition) is 3. The van der Waals surface area contributed by atoms with E-state index >= 15 is 0 Å². The van der Waals surface area contributed by atoms with Gasteiger partial charge in [0.1, 0.15) is 0 Å². The topological polar surface area (TPSA) is 81.7 Å². The third kappa shape index (κ3) is 3.92. The van der Waals surface area contributed by atoms with Crippen molar-refractivity contribution >= 4 is 50.8 Å². The molecule has 0 bridgehead atoms. The summed E-state index contributed by atoms with van der Waals surface area (Å²) in [4.78, 5) is 27.6. The summed E-state index contributed by atoms with van der Waals surface area (Å²) >= 11 is 9.38. The molecule has 3 N–H and O–H groups in total. The summed E-state index contributed by atoms with van der Waals surface area (Å²) in [5, 5.41) is 17.9. The van der Waals surface area contributed by atoms with E-state index < -0.39 is 23.7 Å². The molecule has 1 aliphatic heterocycles. The maximum Gasteiger partial charge on any atom is 0.329 e. The van der Waals surface area contributed by atoms with Gasteiger partial charge in [-0.25, -0.2) is 4.79 Å². The van der Waals surface area contributed by atoms with Crippen molar-refractivity contribution in [1.29, 1.82) is 0 Å². The Hall–Kier alpha value is -2.87. The standard InChI is InChI=1S/C23H19BrClN3O3/c1-14(15-5-3-2-4-6-15)26-21(29)23(31)19-13-16(24)7-12-20(19)27-22(30)28(23)18-10-8-17(25)9-11-18/h2-14,31H,1H3,(H,26,29)(H,27,30)/t14-,23+/m0/s1. The van der Waals surface area contributed by atoms with Gasteiger partial charge in [0.2, 0.25) is 0 Å². The minimum absolute atomic E-state index is 0.245. The number of nitrogens with one attached hydrogen (secondary N) is 2. The molecule has 0 unspecified atom stereocenters. The highest BCUT2D eigenvalue weighted by Gasteiger charge is 2.52. The number of urea groups is 1. The van der Waals surface area contributed by atoms with Crippen LogP contribution in [0.3, 0.4) is 0 Å². The number of rotatable bonds is 4. The molecule has 3 aromatic carbocycles. The number of nitrogens with zero attached hydrogens (tertiary/aromatic N) is 1. The Kier molecular flexibility index (Phi) is 5.75. The van der Waals surface area contributed by atoms with Crippen LogP contribution in [-0.2, 0) is 10.5 Å². The molecule has 0 saturated heterocycles. The lowest BCUT2D eigenvalue weighted by Gasteiger charge is -2.43. The van der Waals surface area contributed by atoms with Crippen LogP contribution >= 0.6 is 27.5 Å². The molecule has 8 heteroatoms. The number of carbonyl (C=O) groups excluding carboxylic acids is 2. The Balaban J connectivity index is 1.82. The largest absolute Gasteiger partial charge is 0.359 e. The lowest BCUT2D eigenvalue weighted by Crippen LogP contribution is -2.62. The molecule has 0 saturated carbocycles. The van der Waals surface area contributed by atoms with E-state index in [9.17, 15) is 14.7 Å². The fourth-order valence-corrected chi connectivity index (χ4v) is 4.08. The second kappa shape index (κ2) is 8.34. The number of fused-ring (bicyclic) bond motifs is 1. The molecule has 3 aromatic rings. The van der Waals surface area contributed by atoms with E-state index in [1.165, 1.54) is 0 Å². The van der Waals surface area contributed by atoms with Gasteiger partial charge in [0.05, 0.1) is 11.7 Å². The molecule has 158 valence electrons. The molecule has 0 fully saturated rings. The molecule has 0 spiro atoms. The second-order valence-corrected chi connectivity index (χ2v) is 8.56. The van der Waals surface area contributed by atoms with Crippen LogP contribution < -0.4 is 15.5 Å². The fourth-order valence-electron chi connectivity index (χ4n) is 3.59. The Morgan fingerprint density at radius 1 is 1.13 bits per heavy atom.